The standard InChI is InChI=1S/C29H28F3N7O5S/c1-4-6-24-34-16(3)26-28(41)35-27(36-39(24)26)21-13-20(9-10-23(21)44-5-2)45(42,43)37-18-11-25(40)38(15-18)19-8-7-17(14-33)22(12-19)29(30,31)32/h7-10,12-13,18,37H,4-6,11,15H2,1-3H3,(H,35,36,41). The zero-order valence-corrected chi connectivity index (χ0v) is 25.2. The van der Waals surface area contributed by atoms with E-state index in [2.05, 4.69) is 19.8 Å². The number of sulfonamides is 1. The molecule has 0 aliphatic carbocycles. The first-order valence-electron chi connectivity index (χ1n) is 14.0. The zero-order chi connectivity index (χ0) is 32.7. The molecule has 1 saturated heterocycles. The molecule has 236 valence electrons. The summed E-state index contributed by atoms with van der Waals surface area (Å²) in [5, 5.41) is 13.6. The number of aryl methyl sites for hydroxylation is 2. The predicted octanol–water partition coefficient (Wildman–Crippen LogP) is 3.72. The van der Waals surface area contributed by atoms with E-state index in [4.69, 9.17) is 10.00 Å². The number of halogens is 3. The minimum Gasteiger partial charge on any atom is -0.493 e. The Morgan fingerprint density at radius 3 is 2.60 bits per heavy atom. The van der Waals surface area contributed by atoms with Crippen LogP contribution in [0.5, 0.6) is 5.75 Å². The van der Waals surface area contributed by atoms with Crippen LogP contribution in [0.3, 0.4) is 0 Å². The first-order valence-corrected chi connectivity index (χ1v) is 15.5. The first kappa shape index (κ1) is 31.7. The van der Waals surface area contributed by atoms with Crippen LogP contribution in [0.25, 0.3) is 16.9 Å². The number of nitrogens with zero attached hydrogens (tertiary/aromatic N) is 5. The van der Waals surface area contributed by atoms with Gasteiger partial charge in [0.25, 0.3) is 5.56 Å². The van der Waals surface area contributed by atoms with E-state index in [0.717, 1.165) is 17.4 Å². The van der Waals surface area contributed by atoms with Crippen molar-refractivity contribution >= 4 is 27.1 Å². The van der Waals surface area contributed by atoms with Crippen molar-refractivity contribution in [3.05, 3.63) is 69.4 Å². The van der Waals surface area contributed by atoms with Crippen LogP contribution in [0.2, 0.25) is 0 Å². The Morgan fingerprint density at radius 1 is 1.18 bits per heavy atom. The molecule has 0 saturated carbocycles. The summed E-state index contributed by atoms with van der Waals surface area (Å²) in [4.78, 5) is 33.8. The average Bonchev–Trinajstić information content (AvgIpc) is 3.50. The molecule has 16 heteroatoms. The number of rotatable bonds is 9. The molecule has 12 nitrogen and oxygen atoms in total. The molecule has 0 bridgehead atoms. The van der Waals surface area contributed by atoms with Crippen molar-refractivity contribution in [3.63, 3.8) is 0 Å². The largest absolute Gasteiger partial charge is 0.493 e. The zero-order valence-electron chi connectivity index (χ0n) is 24.4. The van der Waals surface area contributed by atoms with E-state index >= 15 is 0 Å². The monoisotopic (exact) mass is 643 g/mol. The van der Waals surface area contributed by atoms with E-state index in [1.807, 2.05) is 6.92 Å². The van der Waals surface area contributed by atoms with Gasteiger partial charge in [0, 0.05) is 31.1 Å². The predicted molar refractivity (Wildman–Crippen MR) is 156 cm³/mol. The summed E-state index contributed by atoms with van der Waals surface area (Å²) < 4.78 is 77.1. The lowest BCUT2D eigenvalue weighted by Crippen LogP contribution is -2.37. The SMILES string of the molecule is CCCc1nc(C)c2c(=O)[nH]c(-c3cc(S(=O)(=O)NC4CC(=O)N(c5ccc(C#N)c(C(F)(F)F)c5)C4)ccc3OCC)nn12. The van der Waals surface area contributed by atoms with Crippen LogP contribution in [-0.2, 0) is 27.4 Å². The number of hydrogen-bond acceptors (Lipinski definition) is 8. The summed E-state index contributed by atoms with van der Waals surface area (Å²) in [7, 11) is -4.29. The first-order chi connectivity index (χ1) is 21.3. The molecule has 3 heterocycles. The molecule has 2 aromatic heterocycles. The van der Waals surface area contributed by atoms with Gasteiger partial charge in [-0.05, 0) is 56.7 Å². The number of carbonyl (C=O) groups excluding carboxylic acids is 1. The molecule has 1 unspecified atom stereocenters. The Hall–Kier alpha value is -4.75. The van der Waals surface area contributed by atoms with Crippen molar-refractivity contribution in [2.75, 3.05) is 18.1 Å². The molecule has 45 heavy (non-hydrogen) atoms. The highest BCUT2D eigenvalue weighted by atomic mass is 32.2. The van der Waals surface area contributed by atoms with Gasteiger partial charge in [0.1, 0.15) is 11.6 Å². The van der Waals surface area contributed by atoms with Gasteiger partial charge in [-0.25, -0.2) is 22.6 Å². The van der Waals surface area contributed by atoms with Gasteiger partial charge in [-0.2, -0.15) is 18.4 Å². The van der Waals surface area contributed by atoms with Gasteiger partial charge in [-0.1, -0.05) is 6.92 Å². The quantitative estimate of drug-likeness (QED) is 0.279. The lowest BCUT2D eigenvalue weighted by Gasteiger charge is -2.19. The number of nitrogens with one attached hydrogen (secondary N) is 2. The Balaban J connectivity index is 1.47. The Kier molecular flexibility index (Phi) is 8.43. The topological polar surface area (TPSA) is 163 Å². The van der Waals surface area contributed by atoms with E-state index < -0.39 is 44.8 Å². The number of H-pyrrole nitrogens is 1. The third kappa shape index (κ3) is 6.13. The number of carbonyl (C=O) groups is 1. The highest BCUT2D eigenvalue weighted by Crippen LogP contribution is 2.36. The second kappa shape index (κ2) is 12.0. The van der Waals surface area contributed by atoms with Gasteiger partial charge >= 0.3 is 6.18 Å². The molecular weight excluding hydrogens is 615 g/mol. The van der Waals surface area contributed by atoms with Crippen molar-refractivity contribution in [2.24, 2.45) is 0 Å². The maximum Gasteiger partial charge on any atom is 0.417 e. The van der Waals surface area contributed by atoms with Crippen LogP contribution in [-0.4, -0.2) is 53.1 Å². The molecule has 0 spiro atoms. The van der Waals surface area contributed by atoms with E-state index in [-0.39, 0.29) is 52.8 Å². The van der Waals surface area contributed by atoms with E-state index in [1.54, 1.807) is 13.8 Å². The third-order valence-electron chi connectivity index (χ3n) is 7.22. The van der Waals surface area contributed by atoms with Crippen molar-refractivity contribution in [3.8, 4) is 23.2 Å². The van der Waals surface area contributed by atoms with Gasteiger partial charge in [0.05, 0.1) is 40.0 Å². The number of hydrogen-bond donors (Lipinski definition) is 2. The fourth-order valence-electron chi connectivity index (χ4n) is 5.24. The van der Waals surface area contributed by atoms with E-state index in [0.29, 0.717) is 24.0 Å². The number of fused-ring (bicyclic) bond motifs is 1. The molecule has 1 aliphatic rings. The second-order valence-electron chi connectivity index (χ2n) is 10.4. The molecule has 2 N–H and O–H groups in total. The third-order valence-corrected chi connectivity index (χ3v) is 8.74. The lowest BCUT2D eigenvalue weighted by atomic mass is 10.1. The molecule has 1 atom stereocenters. The molecule has 1 aliphatic heterocycles. The molecule has 1 fully saturated rings. The summed E-state index contributed by atoms with van der Waals surface area (Å²) in [6.45, 7) is 5.39. The van der Waals surface area contributed by atoms with Crippen molar-refractivity contribution in [1.82, 2.24) is 24.3 Å². The van der Waals surface area contributed by atoms with Crippen molar-refractivity contribution in [1.29, 1.82) is 5.26 Å². The minimum atomic E-state index is -4.83. The number of imidazole rings is 1. The van der Waals surface area contributed by atoms with Crippen LogP contribution in [0.4, 0.5) is 18.9 Å². The Labute approximate surface area is 255 Å². The molecule has 5 rings (SSSR count). The average molecular weight is 644 g/mol. The van der Waals surface area contributed by atoms with Crippen LogP contribution in [0.15, 0.2) is 46.1 Å². The molecule has 0 radical (unpaired) electrons. The van der Waals surface area contributed by atoms with E-state index in [9.17, 15) is 31.2 Å². The van der Waals surface area contributed by atoms with Gasteiger partial charge < -0.3 is 14.6 Å². The highest BCUT2D eigenvalue weighted by Gasteiger charge is 2.37. The number of amides is 1. The maximum atomic E-state index is 13.5. The molecular formula is C29H28F3N7O5S. The molecule has 2 aromatic carbocycles. The minimum absolute atomic E-state index is 0.0475. The van der Waals surface area contributed by atoms with E-state index in [1.165, 1.54) is 34.9 Å². The number of aromatic nitrogens is 4. The van der Waals surface area contributed by atoms with Gasteiger partial charge in [-0.15, -0.1) is 5.10 Å². The van der Waals surface area contributed by atoms with Crippen molar-refractivity contribution < 1.29 is 31.1 Å². The number of anilines is 1. The number of nitriles is 1. The summed E-state index contributed by atoms with van der Waals surface area (Å²) in [6.07, 6.45) is -3.83. The smallest absolute Gasteiger partial charge is 0.417 e. The highest BCUT2D eigenvalue weighted by molar-refractivity contribution is 7.89. The number of benzene rings is 2. The van der Waals surface area contributed by atoms with Gasteiger partial charge in [0.15, 0.2) is 11.3 Å². The Bertz CT molecular complexity index is 2020. The Morgan fingerprint density at radius 2 is 1.93 bits per heavy atom. The summed E-state index contributed by atoms with van der Waals surface area (Å²) in [5.41, 5.74) is -1.42. The van der Waals surface area contributed by atoms with Crippen LogP contribution in [0.1, 0.15) is 49.3 Å². The maximum absolute atomic E-state index is 13.5. The van der Waals surface area contributed by atoms with Crippen LogP contribution >= 0.6 is 0 Å². The number of ether oxygens (including phenoxy) is 1. The number of alkyl halides is 3. The van der Waals surface area contributed by atoms with Crippen molar-refractivity contribution in [2.45, 2.75) is 57.1 Å². The fourth-order valence-corrected chi connectivity index (χ4v) is 6.49. The van der Waals surface area contributed by atoms with Gasteiger partial charge in [-0.3, -0.25) is 9.59 Å². The second-order valence-corrected chi connectivity index (χ2v) is 12.1. The lowest BCUT2D eigenvalue weighted by molar-refractivity contribution is -0.137. The fraction of sp³-hybridized carbons (Fsp3) is 0.345. The van der Waals surface area contributed by atoms with Gasteiger partial charge in [0.2, 0.25) is 15.9 Å². The van der Waals surface area contributed by atoms with Crippen LogP contribution < -0.4 is 19.9 Å². The normalized spacial score (nSPS) is 15.5. The summed E-state index contributed by atoms with van der Waals surface area (Å²) in [5.74, 6) is 0.282. The molecule has 4 aromatic rings. The number of aromatic amines is 1. The molecule has 1 amide bonds. The summed E-state index contributed by atoms with van der Waals surface area (Å²) in [6, 6.07) is 7.39. The van der Waals surface area contributed by atoms with Crippen LogP contribution in [0, 0.1) is 18.3 Å². The summed E-state index contributed by atoms with van der Waals surface area (Å²) >= 11 is 0.